The maximum absolute atomic E-state index is 13.0. The maximum atomic E-state index is 13.0. The van der Waals surface area contributed by atoms with E-state index in [9.17, 15) is 9.59 Å². The van der Waals surface area contributed by atoms with Gasteiger partial charge in [-0.25, -0.2) is 4.79 Å². The Balaban J connectivity index is 1.52. The Morgan fingerprint density at radius 3 is 2.82 bits per heavy atom. The highest BCUT2D eigenvalue weighted by molar-refractivity contribution is 6.34. The van der Waals surface area contributed by atoms with E-state index in [0.717, 1.165) is 24.0 Å². The van der Waals surface area contributed by atoms with Gasteiger partial charge in [0.15, 0.2) is 5.78 Å². The minimum atomic E-state index is -1.14. The van der Waals surface area contributed by atoms with Crippen LogP contribution in [0.2, 0.25) is 5.02 Å². The summed E-state index contributed by atoms with van der Waals surface area (Å²) in [6.45, 7) is 3.92. The molecule has 1 aromatic carbocycles. The minimum Gasteiger partial charge on any atom is -0.454 e. The topological polar surface area (TPSA) is 65.0 Å². The van der Waals surface area contributed by atoms with Gasteiger partial charge in [-0.1, -0.05) is 48.0 Å². The fourth-order valence-corrected chi connectivity index (χ4v) is 5.43. The number of carbonyl (C=O) groups is 2. The molecule has 4 atom stereocenters. The number of benzene rings is 1. The third kappa shape index (κ3) is 2.23. The highest BCUT2D eigenvalue weighted by Gasteiger charge is 2.66. The molecule has 144 valence electrons. The van der Waals surface area contributed by atoms with Crippen LogP contribution >= 0.6 is 11.6 Å². The first-order valence-corrected chi connectivity index (χ1v) is 9.89. The molecule has 0 aromatic heterocycles. The van der Waals surface area contributed by atoms with Gasteiger partial charge in [-0.3, -0.25) is 4.79 Å². The van der Waals surface area contributed by atoms with Crippen molar-refractivity contribution < 1.29 is 19.2 Å². The number of esters is 1. The molecule has 5 nitrogen and oxygen atoms in total. The van der Waals surface area contributed by atoms with Crippen molar-refractivity contribution in [1.29, 1.82) is 0 Å². The molecular formula is C22H20ClNO4. The van der Waals surface area contributed by atoms with Crippen LogP contribution < -0.4 is 0 Å². The highest BCUT2D eigenvalue weighted by Crippen LogP contribution is 2.57. The van der Waals surface area contributed by atoms with Crippen molar-refractivity contribution in [1.82, 2.24) is 0 Å². The zero-order valence-electron chi connectivity index (χ0n) is 15.7. The number of ketones is 1. The highest BCUT2D eigenvalue weighted by atomic mass is 35.5. The van der Waals surface area contributed by atoms with E-state index in [1.807, 2.05) is 31.2 Å². The summed E-state index contributed by atoms with van der Waals surface area (Å²) in [6, 6.07) is 7.39. The molecule has 0 radical (unpaired) electrons. The van der Waals surface area contributed by atoms with Gasteiger partial charge in [0.25, 0.3) is 0 Å². The lowest BCUT2D eigenvalue weighted by Crippen LogP contribution is -2.47. The van der Waals surface area contributed by atoms with E-state index >= 15 is 0 Å². The third-order valence-corrected chi connectivity index (χ3v) is 7.06. The number of hydrogen-bond acceptors (Lipinski definition) is 5. The van der Waals surface area contributed by atoms with Crippen molar-refractivity contribution in [2.24, 2.45) is 16.5 Å². The molecule has 2 aliphatic carbocycles. The largest absolute Gasteiger partial charge is 0.454 e. The Labute approximate surface area is 168 Å². The molecule has 1 saturated heterocycles. The van der Waals surface area contributed by atoms with Gasteiger partial charge < -0.3 is 9.57 Å². The van der Waals surface area contributed by atoms with Crippen molar-refractivity contribution in [2.45, 2.75) is 44.8 Å². The van der Waals surface area contributed by atoms with E-state index in [-0.39, 0.29) is 17.1 Å². The lowest BCUT2D eigenvalue weighted by Gasteiger charge is -2.43. The molecule has 28 heavy (non-hydrogen) atoms. The number of rotatable bonds is 1. The zero-order valence-corrected chi connectivity index (χ0v) is 16.5. The molecule has 1 unspecified atom stereocenters. The molecule has 2 aliphatic heterocycles. The number of halogens is 1. The second-order valence-electron chi connectivity index (χ2n) is 8.30. The number of carbonyl (C=O) groups excluding carboxylic acids is 2. The van der Waals surface area contributed by atoms with Gasteiger partial charge in [0.05, 0.1) is 11.6 Å². The number of ether oxygens (including phenoxy) is 1. The SMILES string of the molecule is CC1=C2[C@H]3OC(=O)C4(CC(c5ccccc5Cl)=NO4)[C@@H]3CC[C@@]2(C)C=CC1=O. The summed E-state index contributed by atoms with van der Waals surface area (Å²) in [6.07, 6.45) is 5.04. The van der Waals surface area contributed by atoms with Gasteiger partial charge in [-0.05, 0) is 37.5 Å². The van der Waals surface area contributed by atoms with E-state index in [1.54, 1.807) is 12.1 Å². The van der Waals surface area contributed by atoms with Gasteiger partial charge in [0.2, 0.25) is 5.60 Å². The third-order valence-electron chi connectivity index (χ3n) is 6.73. The van der Waals surface area contributed by atoms with Gasteiger partial charge >= 0.3 is 5.97 Å². The normalized spacial score (nSPS) is 36.2. The minimum absolute atomic E-state index is 0.0227. The molecule has 1 saturated carbocycles. The first-order chi connectivity index (χ1) is 13.4. The second kappa shape index (κ2) is 5.80. The summed E-state index contributed by atoms with van der Waals surface area (Å²) in [5, 5.41) is 4.81. The van der Waals surface area contributed by atoms with Crippen LogP contribution in [0.3, 0.4) is 0 Å². The Morgan fingerprint density at radius 2 is 2.04 bits per heavy atom. The molecule has 2 fully saturated rings. The first kappa shape index (κ1) is 17.7. The monoisotopic (exact) mass is 397 g/mol. The zero-order chi connectivity index (χ0) is 19.7. The van der Waals surface area contributed by atoms with Crippen LogP contribution in [0.15, 0.2) is 52.7 Å². The van der Waals surface area contributed by atoms with Crippen molar-refractivity contribution in [2.75, 3.05) is 0 Å². The van der Waals surface area contributed by atoms with Gasteiger partial charge in [-0.2, -0.15) is 0 Å². The summed E-state index contributed by atoms with van der Waals surface area (Å²) < 4.78 is 5.86. The number of oxime groups is 1. The Morgan fingerprint density at radius 1 is 1.25 bits per heavy atom. The fourth-order valence-electron chi connectivity index (χ4n) is 5.18. The maximum Gasteiger partial charge on any atom is 0.354 e. The van der Waals surface area contributed by atoms with Crippen LogP contribution in [0.4, 0.5) is 0 Å². The number of nitrogens with zero attached hydrogens (tertiary/aromatic N) is 1. The van der Waals surface area contributed by atoms with Crippen LogP contribution in [0.5, 0.6) is 0 Å². The van der Waals surface area contributed by atoms with Crippen LogP contribution in [-0.4, -0.2) is 29.2 Å². The molecule has 4 aliphatic rings. The van der Waals surface area contributed by atoms with Crippen molar-refractivity contribution >= 4 is 29.1 Å². The van der Waals surface area contributed by atoms with Crippen LogP contribution in [0.1, 0.15) is 38.7 Å². The average molecular weight is 398 g/mol. The fraction of sp³-hybridized carbons (Fsp3) is 0.409. The molecule has 5 rings (SSSR count). The molecule has 0 N–H and O–H groups in total. The summed E-state index contributed by atoms with van der Waals surface area (Å²) in [5.74, 6) is -0.605. The summed E-state index contributed by atoms with van der Waals surface area (Å²) in [4.78, 5) is 31.1. The van der Waals surface area contributed by atoms with Crippen molar-refractivity contribution in [3.05, 3.63) is 58.1 Å². The lowest BCUT2D eigenvalue weighted by atomic mass is 9.60. The van der Waals surface area contributed by atoms with Crippen molar-refractivity contribution in [3.63, 3.8) is 0 Å². The number of allylic oxidation sites excluding steroid dienone is 3. The number of fused-ring (bicyclic) bond motifs is 4. The molecule has 0 bridgehead atoms. The van der Waals surface area contributed by atoms with E-state index < -0.39 is 17.7 Å². The van der Waals surface area contributed by atoms with E-state index in [2.05, 4.69) is 12.1 Å². The Hall–Kier alpha value is -2.40. The molecule has 6 heteroatoms. The quantitative estimate of drug-likeness (QED) is 0.672. The molecule has 1 spiro atoms. The van der Waals surface area contributed by atoms with Gasteiger partial charge in [0.1, 0.15) is 6.10 Å². The van der Waals surface area contributed by atoms with Gasteiger partial charge in [0, 0.05) is 28.0 Å². The molecular weight excluding hydrogens is 378 g/mol. The summed E-state index contributed by atoms with van der Waals surface area (Å²) in [7, 11) is 0. The summed E-state index contributed by atoms with van der Waals surface area (Å²) >= 11 is 6.31. The van der Waals surface area contributed by atoms with E-state index in [1.165, 1.54) is 0 Å². The molecule has 2 heterocycles. The Bertz CT molecular complexity index is 1010. The first-order valence-electron chi connectivity index (χ1n) is 9.51. The predicted octanol–water partition coefficient (Wildman–Crippen LogP) is 4.00. The molecule has 0 amide bonds. The van der Waals surface area contributed by atoms with E-state index in [4.69, 9.17) is 21.2 Å². The lowest BCUT2D eigenvalue weighted by molar-refractivity contribution is -0.158. The van der Waals surface area contributed by atoms with E-state index in [0.29, 0.717) is 22.7 Å². The van der Waals surface area contributed by atoms with Crippen LogP contribution in [0.25, 0.3) is 0 Å². The summed E-state index contributed by atoms with van der Waals surface area (Å²) in [5.41, 5.74) is 1.60. The predicted molar refractivity (Wildman–Crippen MR) is 104 cm³/mol. The van der Waals surface area contributed by atoms with Gasteiger partial charge in [-0.15, -0.1) is 0 Å². The van der Waals surface area contributed by atoms with Crippen LogP contribution in [-0.2, 0) is 19.2 Å². The van der Waals surface area contributed by atoms with Crippen molar-refractivity contribution in [3.8, 4) is 0 Å². The number of hydrogen-bond donors (Lipinski definition) is 0. The second-order valence-corrected chi connectivity index (χ2v) is 8.71. The standard InChI is InChI=1S/C22H20ClNO4/c1-12-17(25)8-10-21(2)9-7-14-19(18(12)21)27-20(26)22(14)11-16(24-28-22)13-5-3-4-6-15(13)23/h3-6,8,10,14,19H,7,9,11H2,1-2H3/t14-,19+,21+,22?/m1/s1. The molecule has 1 aromatic rings. The Kier molecular flexibility index (Phi) is 3.66. The smallest absolute Gasteiger partial charge is 0.354 e. The average Bonchev–Trinajstić information content (AvgIpc) is 3.22. The van der Waals surface area contributed by atoms with Crippen LogP contribution in [0, 0.1) is 11.3 Å².